The third-order valence-corrected chi connectivity index (χ3v) is 3.64. The number of nitrogens with zero attached hydrogens (tertiary/aromatic N) is 1. The molecule has 6 heteroatoms. The molecule has 2 rings (SSSR count). The zero-order chi connectivity index (χ0) is 13.3. The molecule has 2 N–H and O–H groups in total. The summed E-state index contributed by atoms with van der Waals surface area (Å²) in [6.07, 6.45) is 3.93. The van der Waals surface area contributed by atoms with Gasteiger partial charge in [0.15, 0.2) is 17.3 Å². The van der Waals surface area contributed by atoms with Crippen LogP contribution in [0, 0.1) is 5.82 Å². The highest BCUT2D eigenvalue weighted by molar-refractivity contribution is 6.30. The third-order valence-electron chi connectivity index (χ3n) is 3.38. The molecule has 1 aromatic heterocycles. The fourth-order valence-electron chi connectivity index (χ4n) is 2.26. The molecule has 18 heavy (non-hydrogen) atoms. The molecule has 0 saturated heterocycles. The van der Waals surface area contributed by atoms with Gasteiger partial charge in [-0.25, -0.2) is 9.37 Å². The van der Waals surface area contributed by atoms with E-state index in [-0.39, 0.29) is 22.4 Å². The molecule has 0 aliphatic heterocycles. The van der Waals surface area contributed by atoms with Gasteiger partial charge in [-0.05, 0) is 26.2 Å². The predicted molar refractivity (Wildman–Crippen MR) is 66.5 cm³/mol. The Balaban J connectivity index is 2.34. The summed E-state index contributed by atoms with van der Waals surface area (Å²) in [5.41, 5.74) is -0.806. The smallest absolute Gasteiger partial charge is 0.184 e. The third kappa shape index (κ3) is 2.33. The normalized spacial score (nSPS) is 27.2. The molecule has 1 fully saturated rings. The van der Waals surface area contributed by atoms with E-state index in [9.17, 15) is 14.3 Å². The van der Waals surface area contributed by atoms with Gasteiger partial charge in [0, 0.05) is 6.20 Å². The van der Waals surface area contributed by atoms with Crippen molar-refractivity contribution in [2.24, 2.45) is 0 Å². The molecule has 1 saturated carbocycles. The molecule has 1 heterocycles. The van der Waals surface area contributed by atoms with Crippen molar-refractivity contribution < 1.29 is 14.3 Å². The van der Waals surface area contributed by atoms with Crippen molar-refractivity contribution in [3.63, 3.8) is 0 Å². The molecule has 0 bridgehead atoms. The number of pyridine rings is 1. The van der Waals surface area contributed by atoms with Crippen molar-refractivity contribution >= 4 is 23.6 Å². The summed E-state index contributed by atoms with van der Waals surface area (Å²) in [5.74, 6) is -0.760. The number of aldehydes is 1. The molecule has 1 aromatic rings. The Bertz CT molecular complexity index is 479. The highest BCUT2D eigenvalue weighted by Gasteiger charge is 2.37. The van der Waals surface area contributed by atoms with Crippen LogP contribution < -0.4 is 5.32 Å². The minimum atomic E-state index is -0.914. The minimum absolute atomic E-state index is 0.0113. The topological polar surface area (TPSA) is 62.2 Å². The molecular weight excluding hydrogens is 259 g/mol. The lowest BCUT2D eigenvalue weighted by molar-refractivity contribution is 0.0577. The van der Waals surface area contributed by atoms with Crippen LogP contribution in [-0.4, -0.2) is 28.0 Å². The van der Waals surface area contributed by atoms with Crippen molar-refractivity contribution in [2.75, 3.05) is 5.32 Å². The van der Waals surface area contributed by atoms with E-state index >= 15 is 0 Å². The Hall–Kier alpha value is -1.20. The summed E-state index contributed by atoms with van der Waals surface area (Å²) < 4.78 is 13.9. The molecule has 1 aliphatic rings. The lowest BCUT2D eigenvalue weighted by atomic mass is 10.00. The maximum atomic E-state index is 13.9. The Kier molecular flexibility index (Phi) is 3.54. The van der Waals surface area contributed by atoms with Gasteiger partial charge in [0.2, 0.25) is 0 Å². The van der Waals surface area contributed by atoms with E-state index in [0.717, 1.165) is 6.42 Å². The van der Waals surface area contributed by atoms with Crippen LogP contribution in [0.1, 0.15) is 36.5 Å². The Labute approximate surface area is 109 Å². The number of carbonyl (C=O) groups excluding carboxylic acids is 1. The first-order chi connectivity index (χ1) is 8.45. The molecular formula is C12H14ClFN2O2. The molecule has 0 aromatic carbocycles. The second kappa shape index (κ2) is 4.82. The van der Waals surface area contributed by atoms with Crippen molar-refractivity contribution in [3.8, 4) is 0 Å². The van der Waals surface area contributed by atoms with Crippen LogP contribution in [-0.2, 0) is 0 Å². The second-order valence-corrected chi connectivity index (χ2v) is 5.12. The van der Waals surface area contributed by atoms with Crippen LogP contribution in [0.4, 0.5) is 10.1 Å². The van der Waals surface area contributed by atoms with Crippen molar-refractivity contribution in [3.05, 3.63) is 22.7 Å². The summed E-state index contributed by atoms with van der Waals surface area (Å²) in [4.78, 5) is 14.5. The molecule has 0 unspecified atom stereocenters. The van der Waals surface area contributed by atoms with Crippen LogP contribution in [0.5, 0.6) is 0 Å². The lowest BCUT2D eigenvalue weighted by Gasteiger charge is -2.28. The monoisotopic (exact) mass is 272 g/mol. The van der Waals surface area contributed by atoms with E-state index in [0.29, 0.717) is 19.1 Å². The van der Waals surface area contributed by atoms with E-state index in [1.54, 1.807) is 6.92 Å². The number of aliphatic hydroxyl groups is 1. The van der Waals surface area contributed by atoms with Gasteiger partial charge in [0.05, 0.1) is 22.9 Å². The standard InChI is InChI=1S/C12H14ClFN2O2/c1-12(18)4-2-3-8(12)16-10-7(6-17)5-15-11(13)9(10)14/h5-6,8,18H,2-4H2,1H3,(H,15,16)/t8-,12-/m1/s1. The number of halogens is 2. The van der Waals surface area contributed by atoms with Crippen LogP contribution in [0.25, 0.3) is 0 Å². The maximum absolute atomic E-state index is 13.9. The summed E-state index contributed by atoms with van der Waals surface area (Å²) in [6, 6.07) is -0.302. The average molecular weight is 273 g/mol. The SMILES string of the molecule is C[C@@]1(O)CCC[C@H]1Nc1c(C=O)cnc(Cl)c1F. The number of nitrogens with one attached hydrogen (secondary N) is 1. The van der Waals surface area contributed by atoms with Gasteiger partial charge < -0.3 is 10.4 Å². The summed E-state index contributed by atoms with van der Waals surface area (Å²) >= 11 is 5.59. The quantitative estimate of drug-likeness (QED) is 0.655. The van der Waals surface area contributed by atoms with E-state index in [2.05, 4.69) is 10.3 Å². The summed E-state index contributed by atoms with van der Waals surface area (Å²) in [6.45, 7) is 1.69. The molecule has 4 nitrogen and oxygen atoms in total. The number of rotatable bonds is 3. The fraction of sp³-hybridized carbons (Fsp3) is 0.500. The van der Waals surface area contributed by atoms with E-state index < -0.39 is 11.4 Å². The molecule has 2 atom stereocenters. The summed E-state index contributed by atoms with van der Waals surface area (Å²) in [7, 11) is 0. The van der Waals surface area contributed by atoms with Gasteiger partial charge in [-0.3, -0.25) is 4.79 Å². The number of aromatic nitrogens is 1. The van der Waals surface area contributed by atoms with Crippen LogP contribution in [0.15, 0.2) is 6.20 Å². The summed E-state index contributed by atoms with van der Waals surface area (Å²) in [5, 5.41) is 12.7. The Morgan fingerprint density at radius 1 is 1.72 bits per heavy atom. The lowest BCUT2D eigenvalue weighted by Crippen LogP contribution is -2.39. The Morgan fingerprint density at radius 2 is 2.44 bits per heavy atom. The maximum Gasteiger partial charge on any atom is 0.184 e. The molecule has 0 amide bonds. The molecule has 1 aliphatic carbocycles. The van der Waals surface area contributed by atoms with Crippen molar-refractivity contribution in [1.29, 1.82) is 0 Å². The minimum Gasteiger partial charge on any atom is -0.388 e. The number of hydrogen-bond donors (Lipinski definition) is 2. The fourth-order valence-corrected chi connectivity index (χ4v) is 2.41. The second-order valence-electron chi connectivity index (χ2n) is 4.76. The van der Waals surface area contributed by atoms with Gasteiger partial charge in [-0.1, -0.05) is 11.6 Å². The van der Waals surface area contributed by atoms with E-state index in [4.69, 9.17) is 11.6 Å². The van der Waals surface area contributed by atoms with Crippen LogP contribution in [0.2, 0.25) is 5.15 Å². The van der Waals surface area contributed by atoms with Crippen LogP contribution in [0.3, 0.4) is 0 Å². The molecule has 0 radical (unpaired) electrons. The van der Waals surface area contributed by atoms with Crippen molar-refractivity contribution in [1.82, 2.24) is 4.98 Å². The van der Waals surface area contributed by atoms with Gasteiger partial charge >= 0.3 is 0 Å². The van der Waals surface area contributed by atoms with Gasteiger partial charge in [-0.2, -0.15) is 0 Å². The van der Waals surface area contributed by atoms with Crippen molar-refractivity contribution in [2.45, 2.75) is 37.8 Å². The first-order valence-corrected chi connectivity index (χ1v) is 6.11. The first kappa shape index (κ1) is 13.2. The predicted octanol–water partition coefficient (Wildman–Crippen LogP) is 2.40. The largest absolute Gasteiger partial charge is 0.388 e. The van der Waals surface area contributed by atoms with Gasteiger partial charge in [0.25, 0.3) is 0 Å². The van der Waals surface area contributed by atoms with Gasteiger partial charge in [0.1, 0.15) is 0 Å². The molecule has 0 spiro atoms. The number of anilines is 1. The molecule has 98 valence electrons. The highest BCUT2D eigenvalue weighted by Crippen LogP contribution is 2.34. The Morgan fingerprint density at radius 3 is 3.00 bits per heavy atom. The average Bonchev–Trinajstić information content (AvgIpc) is 2.65. The zero-order valence-electron chi connectivity index (χ0n) is 9.91. The van der Waals surface area contributed by atoms with Crippen LogP contribution >= 0.6 is 11.6 Å². The highest BCUT2D eigenvalue weighted by atomic mass is 35.5. The number of carbonyl (C=O) groups is 1. The van der Waals surface area contributed by atoms with E-state index in [1.807, 2.05) is 0 Å². The first-order valence-electron chi connectivity index (χ1n) is 5.74. The number of hydrogen-bond acceptors (Lipinski definition) is 4. The van der Waals surface area contributed by atoms with E-state index in [1.165, 1.54) is 6.20 Å². The zero-order valence-corrected chi connectivity index (χ0v) is 10.7. The van der Waals surface area contributed by atoms with Gasteiger partial charge in [-0.15, -0.1) is 0 Å².